The molecule has 18 heavy (non-hydrogen) atoms. The lowest BCUT2D eigenvalue weighted by atomic mass is 10.0. The first-order chi connectivity index (χ1) is 7.95. The predicted molar refractivity (Wildman–Crippen MR) is 38.8 cm³/mol. The summed E-state index contributed by atoms with van der Waals surface area (Å²) in [5.41, 5.74) is 0. The Kier molecular flexibility index (Phi) is 2.26. The molecule has 2 heterocycles. The largest absolute Gasteiger partial charge is 0.385 e. The predicted octanol–water partition coefficient (Wildman–Crippen LogP) is 2.29. The van der Waals surface area contributed by atoms with E-state index in [0.29, 0.717) is 0 Å². The molecule has 0 fully saturated rings. The molecule has 0 amide bonds. The van der Waals surface area contributed by atoms with E-state index < -0.39 is 36.1 Å². The molecule has 0 saturated heterocycles. The normalized spacial score (nSPS) is 27.3. The zero-order chi connectivity index (χ0) is 14.0. The molecule has 1 aromatic heterocycles. The summed E-state index contributed by atoms with van der Waals surface area (Å²) in [6.45, 7) is -2.06. The van der Waals surface area contributed by atoms with Crippen molar-refractivity contribution in [3.63, 3.8) is 0 Å². The van der Waals surface area contributed by atoms with Crippen LogP contribution in [0.4, 0.5) is 35.1 Å². The van der Waals surface area contributed by atoms with Crippen LogP contribution in [-0.4, -0.2) is 32.5 Å². The summed E-state index contributed by atoms with van der Waals surface area (Å²) in [6, 6.07) is 0. The molecule has 0 unspecified atom stereocenters. The summed E-state index contributed by atoms with van der Waals surface area (Å²) in [4.78, 5) is 0. The molecule has 3 nitrogen and oxygen atoms in total. The van der Waals surface area contributed by atoms with Crippen molar-refractivity contribution in [2.45, 2.75) is 30.2 Å². The molecule has 1 aromatic rings. The van der Waals surface area contributed by atoms with Gasteiger partial charge in [0.1, 0.15) is 6.33 Å². The summed E-state index contributed by atoms with van der Waals surface area (Å²) < 4.78 is 104. The SMILES string of the molecule is FC1(F)Cn2cnnc2C(F)(F)C(F)(F)C1(F)F. The molecule has 0 aromatic carbocycles. The van der Waals surface area contributed by atoms with Crippen molar-refractivity contribution < 1.29 is 35.1 Å². The third-order valence-corrected chi connectivity index (χ3v) is 2.51. The van der Waals surface area contributed by atoms with Gasteiger partial charge in [-0.3, -0.25) is 0 Å². The number of hydrogen-bond donors (Lipinski definition) is 0. The van der Waals surface area contributed by atoms with Gasteiger partial charge in [0.15, 0.2) is 0 Å². The third kappa shape index (κ3) is 1.24. The molecular formula is C7H3F8N3. The second-order valence-electron chi connectivity index (χ2n) is 3.71. The van der Waals surface area contributed by atoms with Gasteiger partial charge < -0.3 is 4.57 Å². The molecule has 0 spiro atoms. The second-order valence-corrected chi connectivity index (χ2v) is 3.71. The molecule has 1 aliphatic heterocycles. The smallest absolute Gasteiger partial charge is 0.306 e. The van der Waals surface area contributed by atoms with Gasteiger partial charge in [0, 0.05) is 0 Å². The van der Waals surface area contributed by atoms with Crippen molar-refractivity contribution >= 4 is 0 Å². The molecule has 102 valence electrons. The van der Waals surface area contributed by atoms with Crippen LogP contribution >= 0.6 is 0 Å². The van der Waals surface area contributed by atoms with Crippen LogP contribution < -0.4 is 0 Å². The van der Waals surface area contributed by atoms with E-state index in [1.165, 1.54) is 0 Å². The maximum atomic E-state index is 13.2. The minimum absolute atomic E-state index is 0.213. The fraction of sp³-hybridized carbons (Fsp3) is 0.714. The highest BCUT2D eigenvalue weighted by Crippen LogP contribution is 2.58. The average Bonchev–Trinajstić information content (AvgIpc) is 2.62. The monoisotopic (exact) mass is 281 g/mol. The summed E-state index contributed by atoms with van der Waals surface area (Å²) in [5, 5.41) is 5.25. The minimum Gasteiger partial charge on any atom is -0.306 e. The Labute approximate surface area is 93.4 Å². The summed E-state index contributed by atoms with van der Waals surface area (Å²) in [7, 11) is 0. The van der Waals surface area contributed by atoms with E-state index in [4.69, 9.17) is 0 Å². The average molecular weight is 281 g/mol. The summed E-state index contributed by atoms with van der Waals surface area (Å²) in [6.07, 6.45) is 0.259. The molecule has 0 saturated carbocycles. The highest BCUT2D eigenvalue weighted by atomic mass is 19.4. The van der Waals surface area contributed by atoms with E-state index in [1.807, 2.05) is 0 Å². The molecule has 0 bridgehead atoms. The van der Waals surface area contributed by atoms with Gasteiger partial charge in [-0.25, -0.2) is 0 Å². The highest BCUT2D eigenvalue weighted by molar-refractivity contribution is 5.15. The number of halogens is 8. The summed E-state index contributed by atoms with van der Waals surface area (Å²) >= 11 is 0. The van der Waals surface area contributed by atoms with E-state index in [-0.39, 0.29) is 10.9 Å². The molecular weight excluding hydrogens is 278 g/mol. The molecule has 0 aliphatic carbocycles. The number of alkyl halides is 8. The quantitative estimate of drug-likeness (QED) is 0.683. The lowest BCUT2D eigenvalue weighted by Gasteiger charge is -2.32. The first kappa shape index (κ1) is 13.0. The molecule has 0 radical (unpaired) electrons. The van der Waals surface area contributed by atoms with Gasteiger partial charge in [-0.15, -0.1) is 10.2 Å². The summed E-state index contributed by atoms with van der Waals surface area (Å²) in [5.74, 6) is -25.4. The first-order valence-electron chi connectivity index (χ1n) is 4.35. The zero-order valence-corrected chi connectivity index (χ0v) is 8.15. The van der Waals surface area contributed by atoms with Crippen LogP contribution in [0.3, 0.4) is 0 Å². The standard InChI is InChI=1S/C7H3F8N3/c8-4(9)1-18-2-16-17-3(18)5(10,11)7(14,15)6(4,12)13/h2H,1H2. The Morgan fingerprint density at radius 2 is 1.50 bits per heavy atom. The van der Waals surface area contributed by atoms with E-state index in [9.17, 15) is 35.1 Å². The lowest BCUT2D eigenvalue weighted by molar-refractivity contribution is -0.366. The maximum absolute atomic E-state index is 13.2. The molecule has 11 heteroatoms. The number of nitrogens with zero attached hydrogens (tertiary/aromatic N) is 3. The van der Waals surface area contributed by atoms with Gasteiger partial charge >= 0.3 is 23.7 Å². The van der Waals surface area contributed by atoms with Crippen LogP contribution in [0.1, 0.15) is 5.82 Å². The van der Waals surface area contributed by atoms with Crippen molar-refractivity contribution in [1.82, 2.24) is 14.8 Å². The highest BCUT2D eigenvalue weighted by Gasteiger charge is 2.83. The topological polar surface area (TPSA) is 30.7 Å². The van der Waals surface area contributed by atoms with Crippen LogP contribution in [0.15, 0.2) is 6.33 Å². The second kappa shape index (κ2) is 3.12. The Bertz CT molecular complexity index is 479. The number of hydrogen-bond acceptors (Lipinski definition) is 2. The minimum atomic E-state index is -6.29. The van der Waals surface area contributed by atoms with Crippen LogP contribution in [0, 0.1) is 0 Å². The molecule has 0 atom stereocenters. The van der Waals surface area contributed by atoms with Crippen LogP contribution in [0.25, 0.3) is 0 Å². The Hall–Kier alpha value is -1.42. The van der Waals surface area contributed by atoms with Crippen molar-refractivity contribution in [1.29, 1.82) is 0 Å². The first-order valence-corrected chi connectivity index (χ1v) is 4.35. The Balaban J connectivity index is 2.74. The van der Waals surface area contributed by atoms with Crippen LogP contribution in [0.5, 0.6) is 0 Å². The Morgan fingerprint density at radius 1 is 0.944 bits per heavy atom. The van der Waals surface area contributed by atoms with Gasteiger partial charge in [0.05, 0.1) is 6.54 Å². The fourth-order valence-electron chi connectivity index (χ4n) is 1.49. The zero-order valence-electron chi connectivity index (χ0n) is 8.15. The number of aromatic nitrogens is 3. The van der Waals surface area contributed by atoms with E-state index in [1.54, 1.807) is 0 Å². The van der Waals surface area contributed by atoms with Crippen molar-refractivity contribution in [3.8, 4) is 0 Å². The molecule has 1 aliphatic rings. The van der Waals surface area contributed by atoms with Gasteiger partial charge in [-0.1, -0.05) is 0 Å². The third-order valence-electron chi connectivity index (χ3n) is 2.51. The van der Waals surface area contributed by atoms with Crippen molar-refractivity contribution in [3.05, 3.63) is 12.2 Å². The molecule has 0 N–H and O–H groups in total. The number of fused-ring (bicyclic) bond motifs is 1. The van der Waals surface area contributed by atoms with E-state index in [2.05, 4.69) is 10.2 Å². The number of rotatable bonds is 0. The van der Waals surface area contributed by atoms with E-state index >= 15 is 0 Å². The van der Waals surface area contributed by atoms with Crippen LogP contribution in [0.2, 0.25) is 0 Å². The van der Waals surface area contributed by atoms with Gasteiger partial charge in [0.25, 0.3) is 0 Å². The van der Waals surface area contributed by atoms with Crippen LogP contribution in [-0.2, 0) is 12.5 Å². The molecule has 2 rings (SSSR count). The van der Waals surface area contributed by atoms with E-state index in [0.717, 1.165) is 0 Å². The Morgan fingerprint density at radius 3 is 2.06 bits per heavy atom. The van der Waals surface area contributed by atoms with Crippen molar-refractivity contribution in [2.24, 2.45) is 0 Å². The maximum Gasteiger partial charge on any atom is 0.385 e. The van der Waals surface area contributed by atoms with Gasteiger partial charge in [-0.2, -0.15) is 35.1 Å². The van der Waals surface area contributed by atoms with Gasteiger partial charge in [0.2, 0.25) is 5.82 Å². The lowest BCUT2D eigenvalue weighted by Crippen LogP contribution is -2.60. The van der Waals surface area contributed by atoms with Crippen molar-refractivity contribution in [2.75, 3.05) is 0 Å². The van der Waals surface area contributed by atoms with Gasteiger partial charge in [-0.05, 0) is 0 Å². The fourth-order valence-corrected chi connectivity index (χ4v) is 1.49.